The van der Waals surface area contributed by atoms with Crippen LogP contribution in [0.3, 0.4) is 0 Å². The number of hydrogen-bond acceptors (Lipinski definition) is 4. The molecule has 0 N–H and O–H groups in total. The molecule has 0 unspecified atom stereocenters. The summed E-state index contributed by atoms with van der Waals surface area (Å²) in [5.74, 6) is -0.121. The van der Waals surface area contributed by atoms with Crippen LogP contribution in [0.15, 0.2) is 79.0 Å². The van der Waals surface area contributed by atoms with Crippen molar-refractivity contribution in [3.8, 4) is 16.9 Å². The fourth-order valence-corrected chi connectivity index (χ4v) is 3.35. The number of benzene rings is 3. The standard InChI is InChI=1S/C24H18ClNO3/c1-28-24(27)22-23(29-15-16-6-3-2-4-7-16)21-11-10-18(12-19(21)14-26-22)17-8-5-9-20(25)13-17/h2-14H,15H2,1H3. The van der Waals surface area contributed by atoms with E-state index < -0.39 is 5.97 Å². The van der Waals surface area contributed by atoms with E-state index >= 15 is 0 Å². The minimum Gasteiger partial charge on any atom is -0.486 e. The van der Waals surface area contributed by atoms with E-state index in [0.717, 1.165) is 27.5 Å². The molecule has 0 aliphatic rings. The number of halogens is 1. The van der Waals surface area contributed by atoms with Crippen LogP contribution in [0.5, 0.6) is 5.75 Å². The van der Waals surface area contributed by atoms with Gasteiger partial charge in [0.05, 0.1) is 7.11 Å². The topological polar surface area (TPSA) is 48.4 Å². The molecule has 0 spiro atoms. The van der Waals surface area contributed by atoms with Gasteiger partial charge >= 0.3 is 5.97 Å². The van der Waals surface area contributed by atoms with Crippen LogP contribution in [0, 0.1) is 0 Å². The lowest BCUT2D eigenvalue weighted by Crippen LogP contribution is -2.09. The lowest BCUT2D eigenvalue weighted by molar-refractivity contribution is 0.0589. The summed E-state index contributed by atoms with van der Waals surface area (Å²) in [5, 5.41) is 2.33. The average molecular weight is 404 g/mol. The predicted molar refractivity (Wildman–Crippen MR) is 114 cm³/mol. The zero-order valence-corrected chi connectivity index (χ0v) is 16.5. The Bertz CT molecular complexity index is 1180. The molecule has 144 valence electrons. The number of carbonyl (C=O) groups is 1. The van der Waals surface area contributed by atoms with Gasteiger partial charge in [0.15, 0.2) is 11.4 Å². The molecule has 0 saturated heterocycles. The lowest BCUT2D eigenvalue weighted by atomic mass is 10.0. The molecule has 4 aromatic rings. The van der Waals surface area contributed by atoms with Gasteiger partial charge in [-0.15, -0.1) is 0 Å². The van der Waals surface area contributed by atoms with E-state index in [0.29, 0.717) is 17.4 Å². The normalized spacial score (nSPS) is 10.7. The fourth-order valence-electron chi connectivity index (χ4n) is 3.16. The van der Waals surface area contributed by atoms with Crippen molar-refractivity contribution in [2.75, 3.05) is 7.11 Å². The second kappa shape index (κ2) is 8.33. The first-order valence-corrected chi connectivity index (χ1v) is 9.47. The largest absolute Gasteiger partial charge is 0.486 e. The number of methoxy groups -OCH3 is 1. The average Bonchev–Trinajstić information content (AvgIpc) is 2.77. The molecule has 0 aliphatic carbocycles. The SMILES string of the molecule is COC(=O)c1ncc2cc(-c3cccc(Cl)c3)ccc2c1OCc1ccccc1. The molecule has 0 fully saturated rings. The van der Waals surface area contributed by atoms with Gasteiger partial charge in [-0.1, -0.05) is 60.1 Å². The van der Waals surface area contributed by atoms with Gasteiger partial charge in [0, 0.05) is 22.0 Å². The first-order chi connectivity index (χ1) is 14.2. The highest BCUT2D eigenvalue weighted by molar-refractivity contribution is 6.30. The van der Waals surface area contributed by atoms with E-state index in [1.54, 1.807) is 6.20 Å². The molecule has 5 heteroatoms. The third kappa shape index (κ3) is 4.08. The Hall–Kier alpha value is -3.37. The number of rotatable bonds is 5. The maximum atomic E-state index is 12.2. The van der Waals surface area contributed by atoms with Crippen LogP contribution in [0.4, 0.5) is 0 Å². The monoisotopic (exact) mass is 403 g/mol. The second-order valence-electron chi connectivity index (χ2n) is 6.51. The van der Waals surface area contributed by atoms with E-state index in [9.17, 15) is 4.79 Å². The number of ether oxygens (including phenoxy) is 2. The highest BCUT2D eigenvalue weighted by atomic mass is 35.5. The Kier molecular flexibility index (Phi) is 5.45. The van der Waals surface area contributed by atoms with Gasteiger partial charge in [0.2, 0.25) is 0 Å². The molecule has 4 nitrogen and oxygen atoms in total. The summed E-state index contributed by atoms with van der Waals surface area (Å²) in [6, 6.07) is 23.3. The second-order valence-corrected chi connectivity index (χ2v) is 6.95. The summed E-state index contributed by atoms with van der Waals surface area (Å²) in [5.41, 5.74) is 3.16. The smallest absolute Gasteiger partial charge is 0.360 e. The van der Waals surface area contributed by atoms with Gasteiger partial charge in [0.25, 0.3) is 0 Å². The molecule has 0 bridgehead atoms. The van der Waals surface area contributed by atoms with Crippen molar-refractivity contribution in [1.82, 2.24) is 4.98 Å². The first-order valence-electron chi connectivity index (χ1n) is 9.09. The van der Waals surface area contributed by atoms with Gasteiger partial charge in [-0.3, -0.25) is 0 Å². The van der Waals surface area contributed by atoms with Crippen LogP contribution >= 0.6 is 11.6 Å². The molecule has 4 rings (SSSR count). The highest BCUT2D eigenvalue weighted by Crippen LogP contribution is 2.33. The van der Waals surface area contributed by atoms with Crippen molar-refractivity contribution in [2.24, 2.45) is 0 Å². The predicted octanol–water partition coefficient (Wildman–Crippen LogP) is 5.92. The van der Waals surface area contributed by atoms with Crippen molar-refractivity contribution >= 4 is 28.3 Å². The number of carbonyl (C=O) groups excluding carboxylic acids is 1. The molecule has 29 heavy (non-hydrogen) atoms. The molecular formula is C24H18ClNO3. The van der Waals surface area contributed by atoms with Gasteiger partial charge in [-0.05, 0) is 41.0 Å². The number of esters is 1. The van der Waals surface area contributed by atoms with Gasteiger partial charge in [-0.2, -0.15) is 0 Å². The van der Waals surface area contributed by atoms with Crippen molar-refractivity contribution in [1.29, 1.82) is 0 Å². The van der Waals surface area contributed by atoms with Crippen LogP contribution in [-0.2, 0) is 11.3 Å². The number of hydrogen-bond donors (Lipinski definition) is 0. The van der Waals surface area contributed by atoms with E-state index in [2.05, 4.69) is 4.98 Å². The van der Waals surface area contributed by atoms with Gasteiger partial charge in [0.1, 0.15) is 6.61 Å². The van der Waals surface area contributed by atoms with Crippen LogP contribution in [0.25, 0.3) is 21.9 Å². The maximum absolute atomic E-state index is 12.2. The molecule has 0 atom stereocenters. The third-order valence-electron chi connectivity index (χ3n) is 4.61. The van der Waals surface area contributed by atoms with Crippen molar-refractivity contribution < 1.29 is 14.3 Å². The summed E-state index contributed by atoms with van der Waals surface area (Å²) in [4.78, 5) is 16.6. The van der Waals surface area contributed by atoms with Crippen LogP contribution in [0.2, 0.25) is 5.02 Å². The Morgan fingerprint density at radius 2 is 1.76 bits per heavy atom. The van der Waals surface area contributed by atoms with Crippen LogP contribution in [-0.4, -0.2) is 18.1 Å². The first kappa shape index (κ1) is 19.0. The van der Waals surface area contributed by atoms with Crippen molar-refractivity contribution in [2.45, 2.75) is 6.61 Å². The molecule has 0 aliphatic heterocycles. The number of nitrogens with zero attached hydrogens (tertiary/aromatic N) is 1. The van der Waals surface area contributed by atoms with Crippen molar-refractivity contribution in [3.63, 3.8) is 0 Å². The van der Waals surface area contributed by atoms with E-state index in [1.165, 1.54) is 7.11 Å². The summed E-state index contributed by atoms with van der Waals surface area (Å²) in [6.07, 6.45) is 1.66. The Morgan fingerprint density at radius 1 is 0.966 bits per heavy atom. The fraction of sp³-hybridized carbons (Fsp3) is 0.0833. The summed E-state index contributed by atoms with van der Waals surface area (Å²) in [7, 11) is 1.33. The van der Waals surface area contributed by atoms with Crippen LogP contribution in [0.1, 0.15) is 16.1 Å². The minimum atomic E-state index is -0.533. The molecule has 3 aromatic carbocycles. The minimum absolute atomic E-state index is 0.159. The zero-order chi connectivity index (χ0) is 20.2. The van der Waals surface area contributed by atoms with E-state index in [4.69, 9.17) is 21.1 Å². The highest BCUT2D eigenvalue weighted by Gasteiger charge is 2.19. The number of aromatic nitrogens is 1. The molecule has 0 radical (unpaired) electrons. The van der Waals surface area contributed by atoms with Crippen LogP contribution < -0.4 is 4.74 Å². The van der Waals surface area contributed by atoms with Gasteiger partial charge < -0.3 is 9.47 Å². The number of fused-ring (bicyclic) bond motifs is 1. The van der Waals surface area contributed by atoms with Gasteiger partial charge in [-0.25, -0.2) is 9.78 Å². The van der Waals surface area contributed by atoms with Crippen molar-refractivity contribution in [3.05, 3.63) is 95.3 Å². The molecule has 0 amide bonds. The molecule has 1 aromatic heterocycles. The summed E-state index contributed by atoms with van der Waals surface area (Å²) >= 11 is 6.13. The van der Waals surface area contributed by atoms with E-state index in [1.807, 2.05) is 72.8 Å². The Labute approximate surface area is 173 Å². The molecular weight excluding hydrogens is 386 g/mol. The lowest BCUT2D eigenvalue weighted by Gasteiger charge is -2.13. The summed E-state index contributed by atoms with van der Waals surface area (Å²) in [6.45, 7) is 0.321. The quantitative estimate of drug-likeness (QED) is 0.388. The number of pyridine rings is 1. The Balaban J connectivity index is 1.78. The molecule has 0 saturated carbocycles. The Morgan fingerprint density at radius 3 is 2.52 bits per heavy atom. The zero-order valence-electron chi connectivity index (χ0n) is 15.8. The third-order valence-corrected chi connectivity index (χ3v) is 4.84. The maximum Gasteiger partial charge on any atom is 0.360 e. The van der Waals surface area contributed by atoms with E-state index in [-0.39, 0.29) is 5.69 Å². The summed E-state index contributed by atoms with van der Waals surface area (Å²) < 4.78 is 10.9. The molecule has 1 heterocycles.